The number of hydrogen-bond acceptors (Lipinski definition) is 6. The Balaban J connectivity index is 2.29. The first kappa shape index (κ1) is 15.9. The van der Waals surface area contributed by atoms with Crippen LogP contribution in [0.4, 0.5) is 17.5 Å². The Kier molecular flexibility index (Phi) is 5.41. The van der Waals surface area contributed by atoms with Crippen molar-refractivity contribution >= 4 is 17.5 Å². The Bertz CT molecular complexity index is 615. The van der Waals surface area contributed by atoms with Gasteiger partial charge in [-0.05, 0) is 32.0 Å². The maximum absolute atomic E-state index is 5.37. The molecule has 0 aliphatic carbocycles. The number of ether oxygens (including phenoxy) is 2. The molecule has 1 N–H and O–H groups in total. The number of rotatable bonds is 7. The molecule has 6 heteroatoms. The van der Waals surface area contributed by atoms with Gasteiger partial charge in [0.2, 0.25) is 5.95 Å². The van der Waals surface area contributed by atoms with Gasteiger partial charge in [-0.2, -0.15) is 4.98 Å². The van der Waals surface area contributed by atoms with Crippen LogP contribution in [0.1, 0.15) is 13.8 Å². The highest BCUT2D eigenvalue weighted by molar-refractivity contribution is 5.66. The molecule has 0 bridgehead atoms. The van der Waals surface area contributed by atoms with Crippen molar-refractivity contribution in [1.29, 1.82) is 0 Å². The average molecular weight is 302 g/mol. The van der Waals surface area contributed by atoms with Crippen molar-refractivity contribution < 1.29 is 9.47 Å². The van der Waals surface area contributed by atoms with Crippen LogP contribution in [0.15, 0.2) is 30.5 Å². The zero-order valence-electron chi connectivity index (χ0n) is 13.5. The van der Waals surface area contributed by atoms with Gasteiger partial charge in [0.15, 0.2) is 0 Å². The Hall–Kier alpha value is -2.50. The van der Waals surface area contributed by atoms with Crippen LogP contribution in [0.5, 0.6) is 11.5 Å². The molecule has 6 nitrogen and oxygen atoms in total. The number of hydrogen-bond donors (Lipinski definition) is 1. The molecule has 2 aromatic rings. The van der Waals surface area contributed by atoms with E-state index in [2.05, 4.69) is 34.0 Å². The molecule has 1 heterocycles. The number of methoxy groups -OCH3 is 2. The summed E-state index contributed by atoms with van der Waals surface area (Å²) in [6, 6.07) is 7.41. The van der Waals surface area contributed by atoms with Gasteiger partial charge in [0, 0.05) is 25.4 Å². The van der Waals surface area contributed by atoms with Crippen LogP contribution in [-0.4, -0.2) is 37.3 Å². The molecular formula is C16H22N4O2. The van der Waals surface area contributed by atoms with E-state index in [0.717, 1.165) is 30.3 Å². The van der Waals surface area contributed by atoms with Crippen molar-refractivity contribution in [2.24, 2.45) is 0 Å². The summed E-state index contributed by atoms with van der Waals surface area (Å²) in [5.41, 5.74) is 0.797. The minimum absolute atomic E-state index is 0.705. The molecule has 0 spiro atoms. The van der Waals surface area contributed by atoms with E-state index >= 15 is 0 Å². The summed E-state index contributed by atoms with van der Waals surface area (Å²) >= 11 is 0. The predicted molar refractivity (Wildman–Crippen MR) is 88.4 cm³/mol. The molecule has 0 aliphatic heterocycles. The van der Waals surface area contributed by atoms with Crippen LogP contribution in [-0.2, 0) is 0 Å². The van der Waals surface area contributed by atoms with Crippen molar-refractivity contribution in [3.05, 3.63) is 30.5 Å². The van der Waals surface area contributed by atoms with Gasteiger partial charge < -0.3 is 19.7 Å². The lowest BCUT2D eigenvalue weighted by Gasteiger charge is -2.19. The van der Waals surface area contributed by atoms with Crippen molar-refractivity contribution in [3.63, 3.8) is 0 Å². The standard InChI is InChI=1S/C16H22N4O2/c1-5-20(6-2)16-17-10-9-15(19-16)18-13-11-12(21-3)7-8-14(13)22-4/h7-11H,5-6H2,1-4H3,(H,17,18,19). The van der Waals surface area contributed by atoms with Crippen LogP contribution >= 0.6 is 0 Å². The monoisotopic (exact) mass is 302 g/mol. The second kappa shape index (κ2) is 7.49. The third-order valence-electron chi connectivity index (χ3n) is 3.36. The quantitative estimate of drug-likeness (QED) is 0.848. The smallest absolute Gasteiger partial charge is 0.227 e. The van der Waals surface area contributed by atoms with E-state index in [1.165, 1.54) is 0 Å². The lowest BCUT2D eigenvalue weighted by Crippen LogP contribution is -2.24. The van der Waals surface area contributed by atoms with Gasteiger partial charge in [-0.3, -0.25) is 0 Å². The summed E-state index contributed by atoms with van der Waals surface area (Å²) in [6.45, 7) is 5.89. The summed E-state index contributed by atoms with van der Waals surface area (Å²) in [5.74, 6) is 2.89. The topological polar surface area (TPSA) is 59.5 Å². The molecule has 118 valence electrons. The zero-order chi connectivity index (χ0) is 15.9. The molecule has 22 heavy (non-hydrogen) atoms. The summed E-state index contributed by atoms with van der Waals surface area (Å²) in [5, 5.41) is 3.26. The molecule has 0 aliphatic rings. The summed E-state index contributed by atoms with van der Waals surface area (Å²) in [7, 11) is 3.27. The first-order valence-corrected chi connectivity index (χ1v) is 7.28. The molecule has 2 rings (SSSR count). The second-order valence-corrected chi connectivity index (χ2v) is 4.61. The highest BCUT2D eigenvalue weighted by atomic mass is 16.5. The normalized spacial score (nSPS) is 10.2. The Morgan fingerprint density at radius 3 is 2.50 bits per heavy atom. The van der Waals surface area contributed by atoms with Crippen molar-refractivity contribution in [1.82, 2.24) is 9.97 Å². The van der Waals surface area contributed by atoms with Crippen LogP contribution in [0, 0.1) is 0 Å². The third-order valence-corrected chi connectivity index (χ3v) is 3.36. The molecule has 0 radical (unpaired) electrons. The SMILES string of the molecule is CCN(CC)c1nccc(Nc2cc(OC)ccc2OC)n1. The minimum atomic E-state index is 0.705. The average Bonchev–Trinajstić information content (AvgIpc) is 2.56. The molecule has 1 aromatic heterocycles. The molecule has 0 fully saturated rings. The van der Waals surface area contributed by atoms with Crippen LogP contribution in [0.2, 0.25) is 0 Å². The predicted octanol–water partition coefficient (Wildman–Crippen LogP) is 3.08. The summed E-state index contributed by atoms with van der Waals surface area (Å²) in [4.78, 5) is 11.0. The van der Waals surface area contributed by atoms with Gasteiger partial charge in [0.1, 0.15) is 17.3 Å². The van der Waals surface area contributed by atoms with Crippen molar-refractivity contribution in [2.75, 3.05) is 37.5 Å². The fourth-order valence-corrected chi connectivity index (χ4v) is 2.13. The highest BCUT2D eigenvalue weighted by Crippen LogP contribution is 2.31. The van der Waals surface area contributed by atoms with E-state index in [9.17, 15) is 0 Å². The zero-order valence-corrected chi connectivity index (χ0v) is 13.5. The van der Waals surface area contributed by atoms with Crippen molar-refractivity contribution in [2.45, 2.75) is 13.8 Å². The van der Waals surface area contributed by atoms with Gasteiger partial charge in [-0.15, -0.1) is 0 Å². The summed E-state index contributed by atoms with van der Waals surface area (Å²) < 4.78 is 10.6. The van der Waals surface area contributed by atoms with Gasteiger partial charge in [0.25, 0.3) is 0 Å². The van der Waals surface area contributed by atoms with Gasteiger partial charge in [0.05, 0.1) is 19.9 Å². The number of benzene rings is 1. The van der Waals surface area contributed by atoms with Gasteiger partial charge in [-0.25, -0.2) is 4.98 Å². The Morgan fingerprint density at radius 2 is 1.86 bits per heavy atom. The highest BCUT2D eigenvalue weighted by Gasteiger charge is 2.09. The number of anilines is 3. The van der Waals surface area contributed by atoms with E-state index < -0.39 is 0 Å². The molecule has 0 atom stereocenters. The molecule has 0 amide bonds. The van der Waals surface area contributed by atoms with E-state index in [-0.39, 0.29) is 0 Å². The minimum Gasteiger partial charge on any atom is -0.497 e. The van der Waals surface area contributed by atoms with Gasteiger partial charge >= 0.3 is 0 Å². The summed E-state index contributed by atoms with van der Waals surface area (Å²) in [6.07, 6.45) is 1.75. The number of nitrogens with zero attached hydrogens (tertiary/aromatic N) is 3. The second-order valence-electron chi connectivity index (χ2n) is 4.61. The first-order valence-electron chi connectivity index (χ1n) is 7.28. The van der Waals surface area contributed by atoms with E-state index in [1.807, 2.05) is 24.3 Å². The molecule has 0 saturated carbocycles. The fraction of sp³-hybridized carbons (Fsp3) is 0.375. The van der Waals surface area contributed by atoms with Crippen molar-refractivity contribution in [3.8, 4) is 11.5 Å². The van der Waals surface area contributed by atoms with Gasteiger partial charge in [-0.1, -0.05) is 0 Å². The van der Waals surface area contributed by atoms with Crippen LogP contribution < -0.4 is 19.7 Å². The Morgan fingerprint density at radius 1 is 1.09 bits per heavy atom. The Labute approximate surface area is 131 Å². The van der Waals surface area contributed by atoms with Crippen LogP contribution in [0.3, 0.4) is 0 Å². The lowest BCUT2D eigenvalue weighted by atomic mass is 10.2. The molecule has 0 saturated heterocycles. The van der Waals surface area contributed by atoms with E-state index in [4.69, 9.17) is 9.47 Å². The maximum Gasteiger partial charge on any atom is 0.227 e. The van der Waals surface area contributed by atoms with Crippen LogP contribution in [0.25, 0.3) is 0 Å². The van der Waals surface area contributed by atoms with E-state index in [0.29, 0.717) is 11.8 Å². The fourth-order valence-electron chi connectivity index (χ4n) is 2.13. The molecule has 1 aromatic carbocycles. The maximum atomic E-state index is 5.37. The number of aromatic nitrogens is 2. The lowest BCUT2D eigenvalue weighted by molar-refractivity contribution is 0.405. The number of nitrogens with one attached hydrogen (secondary N) is 1. The van der Waals surface area contributed by atoms with E-state index in [1.54, 1.807) is 20.4 Å². The first-order chi connectivity index (χ1) is 10.7. The third kappa shape index (κ3) is 3.58. The molecule has 0 unspecified atom stereocenters. The largest absolute Gasteiger partial charge is 0.497 e. The molecular weight excluding hydrogens is 280 g/mol.